The molecule has 96 valence electrons. The van der Waals surface area contributed by atoms with E-state index in [-0.39, 0.29) is 0 Å². The lowest BCUT2D eigenvalue weighted by Gasteiger charge is -2.29. The van der Waals surface area contributed by atoms with Gasteiger partial charge >= 0.3 is 0 Å². The maximum atomic E-state index is 6.34. The predicted molar refractivity (Wildman–Crippen MR) is 71.7 cm³/mol. The van der Waals surface area contributed by atoms with Crippen LogP contribution in [0.1, 0.15) is 31.2 Å². The molecule has 0 N–H and O–H groups in total. The van der Waals surface area contributed by atoms with E-state index in [1.165, 1.54) is 0 Å². The fourth-order valence-corrected chi connectivity index (χ4v) is 2.81. The molecule has 3 nitrogen and oxygen atoms in total. The highest BCUT2D eigenvalue weighted by Gasteiger charge is 2.20. The number of likely N-dealkylation sites (tertiary alicyclic amines) is 1. The quantitative estimate of drug-likeness (QED) is 0.791. The minimum absolute atomic E-state index is 0.347. The van der Waals surface area contributed by atoms with Gasteiger partial charge in [-0.3, -0.25) is 9.58 Å². The highest BCUT2D eigenvalue weighted by atomic mass is 35.5. The van der Waals surface area contributed by atoms with Gasteiger partial charge in [-0.2, -0.15) is 5.10 Å². The van der Waals surface area contributed by atoms with E-state index in [0.717, 1.165) is 55.3 Å². The Morgan fingerprint density at radius 3 is 2.53 bits per heavy atom. The molecule has 1 aromatic heterocycles. The lowest BCUT2D eigenvalue weighted by molar-refractivity contribution is 0.218. The van der Waals surface area contributed by atoms with Gasteiger partial charge in [-0.1, -0.05) is 18.5 Å². The third-order valence-electron chi connectivity index (χ3n) is 3.39. The van der Waals surface area contributed by atoms with Gasteiger partial charge in [-0.25, -0.2) is 0 Å². The summed E-state index contributed by atoms with van der Waals surface area (Å²) in [6, 6.07) is 0. The molecule has 1 aromatic rings. The maximum absolute atomic E-state index is 6.34. The second-order valence-electron chi connectivity index (χ2n) is 4.64. The first-order valence-corrected chi connectivity index (χ1v) is 7.00. The van der Waals surface area contributed by atoms with Gasteiger partial charge < -0.3 is 0 Å². The Kier molecular flexibility index (Phi) is 4.34. The van der Waals surface area contributed by atoms with E-state index in [2.05, 4.69) is 16.9 Å². The van der Waals surface area contributed by atoms with Gasteiger partial charge in [0, 0.05) is 19.0 Å². The molecule has 0 unspecified atom stereocenters. The van der Waals surface area contributed by atoms with E-state index < -0.39 is 0 Å². The Bertz CT molecular complexity index is 381. The molecule has 1 aliphatic rings. The monoisotopic (exact) mass is 275 g/mol. The van der Waals surface area contributed by atoms with Gasteiger partial charge in [0.15, 0.2) is 0 Å². The Morgan fingerprint density at radius 1 is 1.35 bits per heavy atom. The van der Waals surface area contributed by atoms with Crippen LogP contribution in [-0.2, 0) is 20.0 Å². The standard InChI is InChI=1S/C12H19Cl2N3/c1-3-10-12(14)11(16(2)15-10)8-17-6-4-9(13)5-7-17/h9H,3-8H2,1-2H3. The molecule has 17 heavy (non-hydrogen) atoms. The van der Waals surface area contributed by atoms with Gasteiger partial charge in [0.25, 0.3) is 0 Å². The zero-order chi connectivity index (χ0) is 12.4. The summed E-state index contributed by atoms with van der Waals surface area (Å²) < 4.78 is 1.91. The highest BCUT2D eigenvalue weighted by Crippen LogP contribution is 2.24. The Balaban J connectivity index is 2.05. The number of nitrogens with zero attached hydrogens (tertiary/aromatic N) is 3. The van der Waals surface area contributed by atoms with Crippen LogP contribution in [0.4, 0.5) is 0 Å². The molecule has 5 heteroatoms. The smallest absolute Gasteiger partial charge is 0.0863 e. The fraction of sp³-hybridized carbons (Fsp3) is 0.750. The largest absolute Gasteiger partial charge is 0.297 e. The lowest BCUT2D eigenvalue weighted by atomic mass is 10.1. The third kappa shape index (κ3) is 2.95. The number of hydrogen-bond donors (Lipinski definition) is 0. The SMILES string of the molecule is CCc1nn(C)c(CN2CCC(Cl)CC2)c1Cl. The van der Waals surface area contributed by atoms with Crippen LogP contribution in [0.3, 0.4) is 0 Å². The minimum Gasteiger partial charge on any atom is -0.297 e. The first-order valence-electron chi connectivity index (χ1n) is 6.18. The third-order valence-corrected chi connectivity index (χ3v) is 4.27. The van der Waals surface area contributed by atoms with Crippen LogP contribution in [0.25, 0.3) is 0 Å². The number of aromatic nitrogens is 2. The summed E-state index contributed by atoms with van der Waals surface area (Å²) in [6.45, 7) is 5.07. The molecule has 0 atom stereocenters. The predicted octanol–water partition coefficient (Wildman–Crippen LogP) is 2.84. The molecule has 0 saturated carbocycles. The molecule has 0 spiro atoms. The summed E-state index contributed by atoms with van der Waals surface area (Å²) in [5.41, 5.74) is 2.12. The van der Waals surface area contributed by atoms with Crippen molar-refractivity contribution in [1.29, 1.82) is 0 Å². The van der Waals surface area contributed by atoms with Crippen LogP contribution in [0.2, 0.25) is 5.02 Å². The normalized spacial score (nSPS) is 18.8. The van der Waals surface area contributed by atoms with Crippen molar-refractivity contribution in [3.63, 3.8) is 0 Å². The molecule has 0 aromatic carbocycles. The molecule has 1 saturated heterocycles. The minimum atomic E-state index is 0.347. The average molecular weight is 276 g/mol. The van der Waals surface area contributed by atoms with Crippen LogP contribution >= 0.6 is 23.2 Å². The van der Waals surface area contributed by atoms with E-state index in [0.29, 0.717) is 5.38 Å². The number of piperidine rings is 1. The zero-order valence-electron chi connectivity index (χ0n) is 10.4. The van der Waals surface area contributed by atoms with Crippen molar-refractivity contribution in [2.75, 3.05) is 13.1 Å². The van der Waals surface area contributed by atoms with Crippen LogP contribution in [-0.4, -0.2) is 33.1 Å². The maximum Gasteiger partial charge on any atom is 0.0863 e. The van der Waals surface area contributed by atoms with Gasteiger partial charge in [0.05, 0.1) is 16.4 Å². The Morgan fingerprint density at radius 2 is 2.00 bits per heavy atom. The molecule has 1 fully saturated rings. The van der Waals surface area contributed by atoms with Crippen molar-refractivity contribution < 1.29 is 0 Å². The number of alkyl halides is 1. The summed E-state index contributed by atoms with van der Waals surface area (Å²) in [5.74, 6) is 0. The molecular weight excluding hydrogens is 257 g/mol. The number of rotatable bonds is 3. The molecule has 0 bridgehead atoms. The lowest BCUT2D eigenvalue weighted by Crippen LogP contribution is -2.34. The first kappa shape index (κ1) is 13.2. The van der Waals surface area contributed by atoms with Crippen molar-refractivity contribution in [1.82, 2.24) is 14.7 Å². The van der Waals surface area contributed by atoms with E-state index in [4.69, 9.17) is 23.2 Å². The van der Waals surface area contributed by atoms with Crippen molar-refractivity contribution in [2.45, 2.75) is 38.1 Å². The first-order chi connectivity index (χ1) is 8.11. The van der Waals surface area contributed by atoms with Gasteiger partial charge in [-0.15, -0.1) is 11.6 Å². The van der Waals surface area contributed by atoms with Crippen LogP contribution < -0.4 is 0 Å². The van der Waals surface area contributed by atoms with Crippen molar-refractivity contribution in [3.05, 3.63) is 16.4 Å². The zero-order valence-corrected chi connectivity index (χ0v) is 11.9. The van der Waals surface area contributed by atoms with Gasteiger partial charge in [0.1, 0.15) is 0 Å². The highest BCUT2D eigenvalue weighted by molar-refractivity contribution is 6.31. The van der Waals surface area contributed by atoms with Crippen molar-refractivity contribution in [2.24, 2.45) is 7.05 Å². The summed E-state index contributed by atoms with van der Waals surface area (Å²) in [5, 5.41) is 5.62. The number of hydrogen-bond acceptors (Lipinski definition) is 2. The second kappa shape index (κ2) is 5.59. The summed E-state index contributed by atoms with van der Waals surface area (Å²) in [4.78, 5) is 2.40. The molecule has 0 aliphatic carbocycles. The summed E-state index contributed by atoms with van der Waals surface area (Å²) in [6.07, 6.45) is 3.02. The Labute approximate surface area is 113 Å². The Hall–Kier alpha value is -0.250. The van der Waals surface area contributed by atoms with Crippen LogP contribution in [0.15, 0.2) is 0 Å². The van der Waals surface area contributed by atoms with E-state index in [1.54, 1.807) is 0 Å². The number of halogens is 2. The number of aryl methyl sites for hydroxylation is 2. The molecule has 0 amide bonds. The van der Waals surface area contributed by atoms with Crippen LogP contribution in [0, 0.1) is 0 Å². The summed E-state index contributed by atoms with van der Waals surface area (Å²) >= 11 is 12.4. The summed E-state index contributed by atoms with van der Waals surface area (Å²) in [7, 11) is 1.97. The van der Waals surface area contributed by atoms with E-state index >= 15 is 0 Å². The fourth-order valence-electron chi connectivity index (χ4n) is 2.26. The van der Waals surface area contributed by atoms with Crippen LogP contribution in [0.5, 0.6) is 0 Å². The van der Waals surface area contributed by atoms with E-state index in [1.807, 2.05) is 11.7 Å². The van der Waals surface area contributed by atoms with Crippen molar-refractivity contribution in [3.8, 4) is 0 Å². The second-order valence-corrected chi connectivity index (χ2v) is 5.63. The topological polar surface area (TPSA) is 21.1 Å². The molecule has 2 rings (SSSR count). The van der Waals surface area contributed by atoms with Crippen molar-refractivity contribution >= 4 is 23.2 Å². The van der Waals surface area contributed by atoms with E-state index in [9.17, 15) is 0 Å². The molecule has 0 radical (unpaired) electrons. The molecular formula is C12H19Cl2N3. The average Bonchev–Trinajstić information content (AvgIpc) is 2.59. The van der Waals surface area contributed by atoms with Gasteiger partial charge in [-0.05, 0) is 32.4 Å². The molecule has 1 aliphatic heterocycles. The van der Waals surface area contributed by atoms with Gasteiger partial charge in [0.2, 0.25) is 0 Å². The molecule has 2 heterocycles.